The van der Waals surface area contributed by atoms with E-state index in [2.05, 4.69) is 5.32 Å². The van der Waals surface area contributed by atoms with Gasteiger partial charge in [-0.2, -0.15) is 0 Å². The average molecular weight is 252 g/mol. The second-order valence-corrected chi connectivity index (χ2v) is 3.79. The van der Waals surface area contributed by atoms with Crippen LogP contribution in [0, 0.1) is 0 Å². The Kier molecular flexibility index (Phi) is 6.00. The molecule has 0 heterocycles. The first-order valence-corrected chi connectivity index (χ1v) is 5.94. The van der Waals surface area contributed by atoms with E-state index in [1.165, 1.54) is 0 Å². The molecule has 0 atom stereocenters. The number of hydrogen-bond acceptors (Lipinski definition) is 4. The van der Waals surface area contributed by atoms with Crippen molar-refractivity contribution in [3.8, 4) is 5.75 Å². The van der Waals surface area contributed by atoms with Crippen molar-refractivity contribution in [3.63, 3.8) is 0 Å². The number of anilines is 1. The average Bonchev–Trinajstić information content (AvgIpc) is 2.37. The fraction of sp³-hybridized carbons (Fsp3) is 0.462. The van der Waals surface area contributed by atoms with Crippen LogP contribution >= 0.6 is 0 Å². The topological polar surface area (TPSA) is 73.6 Å². The van der Waals surface area contributed by atoms with Crippen LogP contribution in [-0.2, 0) is 16.1 Å². The number of methoxy groups -OCH3 is 1. The van der Waals surface area contributed by atoms with Crippen LogP contribution in [0.25, 0.3) is 0 Å². The number of carbonyl (C=O) groups is 1. The van der Waals surface area contributed by atoms with Gasteiger partial charge in [0.2, 0.25) is 5.91 Å². The zero-order valence-electron chi connectivity index (χ0n) is 10.9. The number of rotatable bonds is 7. The Hall–Kier alpha value is -1.75. The van der Waals surface area contributed by atoms with Gasteiger partial charge in [0.1, 0.15) is 5.75 Å². The van der Waals surface area contributed by atoms with Crippen molar-refractivity contribution in [2.45, 2.75) is 19.9 Å². The lowest BCUT2D eigenvalue weighted by molar-refractivity contribution is -0.122. The van der Waals surface area contributed by atoms with Crippen molar-refractivity contribution < 1.29 is 14.3 Å². The van der Waals surface area contributed by atoms with E-state index in [1.54, 1.807) is 25.3 Å². The molecule has 5 heteroatoms. The number of nitrogens with two attached hydrogens (primary N) is 1. The quantitative estimate of drug-likeness (QED) is 0.567. The van der Waals surface area contributed by atoms with Gasteiger partial charge >= 0.3 is 0 Å². The third-order valence-corrected chi connectivity index (χ3v) is 2.46. The van der Waals surface area contributed by atoms with E-state index in [9.17, 15) is 4.79 Å². The van der Waals surface area contributed by atoms with Gasteiger partial charge in [-0.3, -0.25) is 4.79 Å². The molecule has 0 radical (unpaired) electrons. The van der Waals surface area contributed by atoms with E-state index in [4.69, 9.17) is 15.2 Å². The molecular weight excluding hydrogens is 232 g/mol. The van der Waals surface area contributed by atoms with E-state index < -0.39 is 0 Å². The minimum Gasteiger partial charge on any atom is -0.496 e. The van der Waals surface area contributed by atoms with Crippen LogP contribution in [0.1, 0.15) is 18.9 Å². The Morgan fingerprint density at radius 2 is 2.22 bits per heavy atom. The normalized spacial score (nSPS) is 10.1. The standard InChI is InChI=1S/C13H20N2O3/c1-3-18-7-6-13(16)15-9-10-8-11(14)4-5-12(10)17-2/h4-5,8H,3,6-7,9,14H2,1-2H3,(H,15,16). The highest BCUT2D eigenvalue weighted by Crippen LogP contribution is 2.20. The van der Waals surface area contributed by atoms with Crippen LogP contribution in [-0.4, -0.2) is 26.2 Å². The van der Waals surface area contributed by atoms with Crippen LogP contribution in [0.15, 0.2) is 18.2 Å². The first-order valence-electron chi connectivity index (χ1n) is 5.94. The third kappa shape index (κ3) is 4.63. The summed E-state index contributed by atoms with van der Waals surface area (Å²) in [6.07, 6.45) is 0.360. The molecule has 1 aromatic rings. The van der Waals surface area contributed by atoms with E-state index in [1.807, 2.05) is 6.92 Å². The molecule has 0 saturated carbocycles. The first kappa shape index (κ1) is 14.3. The molecular formula is C13H20N2O3. The monoisotopic (exact) mass is 252 g/mol. The SMILES string of the molecule is CCOCCC(=O)NCc1cc(N)ccc1OC. The zero-order chi connectivity index (χ0) is 13.4. The van der Waals surface area contributed by atoms with Gasteiger partial charge in [0, 0.05) is 30.8 Å². The summed E-state index contributed by atoms with van der Waals surface area (Å²) >= 11 is 0. The van der Waals surface area contributed by atoms with E-state index in [0.717, 1.165) is 5.56 Å². The van der Waals surface area contributed by atoms with Gasteiger partial charge in [0.25, 0.3) is 0 Å². The summed E-state index contributed by atoms with van der Waals surface area (Å²) in [5.74, 6) is 0.669. The second-order valence-electron chi connectivity index (χ2n) is 3.79. The predicted molar refractivity (Wildman–Crippen MR) is 70.4 cm³/mol. The highest BCUT2D eigenvalue weighted by Gasteiger charge is 2.06. The number of carbonyl (C=O) groups excluding carboxylic acids is 1. The van der Waals surface area contributed by atoms with Crippen molar-refractivity contribution >= 4 is 11.6 Å². The highest BCUT2D eigenvalue weighted by atomic mass is 16.5. The Morgan fingerprint density at radius 3 is 2.89 bits per heavy atom. The first-order chi connectivity index (χ1) is 8.67. The van der Waals surface area contributed by atoms with Crippen LogP contribution in [0.4, 0.5) is 5.69 Å². The number of ether oxygens (including phenoxy) is 2. The number of hydrogen-bond donors (Lipinski definition) is 2. The largest absolute Gasteiger partial charge is 0.496 e. The summed E-state index contributed by atoms with van der Waals surface area (Å²) in [4.78, 5) is 11.5. The summed E-state index contributed by atoms with van der Waals surface area (Å²) in [6, 6.07) is 5.35. The maximum absolute atomic E-state index is 11.5. The number of nitrogen functional groups attached to an aromatic ring is 1. The Morgan fingerprint density at radius 1 is 1.44 bits per heavy atom. The van der Waals surface area contributed by atoms with Crippen molar-refractivity contribution in [2.75, 3.05) is 26.1 Å². The van der Waals surface area contributed by atoms with Crippen LogP contribution < -0.4 is 15.8 Å². The Balaban J connectivity index is 2.47. The summed E-state index contributed by atoms with van der Waals surface area (Å²) in [5.41, 5.74) is 7.21. The molecule has 0 aliphatic rings. The molecule has 0 saturated heterocycles. The van der Waals surface area contributed by atoms with Gasteiger partial charge in [-0.1, -0.05) is 0 Å². The van der Waals surface area contributed by atoms with Crippen molar-refractivity contribution in [3.05, 3.63) is 23.8 Å². The van der Waals surface area contributed by atoms with Gasteiger partial charge in [-0.25, -0.2) is 0 Å². The molecule has 1 amide bonds. The van der Waals surface area contributed by atoms with Crippen molar-refractivity contribution in [1.29, 1.82) is 0 Å². The molecule has 18 heavy (non-hydrogen) atoms. The Labute approximate surface area is 107 Å². The predicted octanol–water partition coefficient (Wildman–Crippen LogP) is 1.32. The zero-order valence-corrected chi connectivity index (χ0v) is 10.9. The Bertz CT molecular complexity index is 394. The fourth-order valence-corrected chi connectivity index (χ4v) is 1.53. The summed E-state index contributed by atoms with van der Waals surface area (Å²) in [5, 5.41) is 2.81. The molecule has 3 N–H and O–H groups in total. The molecule has 100 valence electrons. The maximum atomic E-state index is 11.5. The van der Waals surface area contributed by atoms with E-state index in [0.29, 0.717) is 37.6 Å². The second kappa shape index (κ2) is 7.55. The molecule has 1 aromatic carbocycles. The highest BCUT2D eigenvalue weighted by molar-refractivity contribution is 5.76. The molecule has 0 fully saturated rings. The number of amides is 1. The minimum atomic E-state index is -0.0482. The molecule has 1 rings (SSSR count). The number of benzene rings is 1. The molecule has 0 bridgehead atoms. The molecule has 0 unspecified atom stereocenters. The third-order valence-electron chi connectivity index (χ3n) is 2.46. The lowest BCUT2D eigenvalue weighted by atomic mass is 10.1. The molecule has 0 spiro atoms. The van der Waals surface area contributed by atoms with E-state index >= 15 is 0 Å². The van der Waals surface area contributed by atoms with Gasteiger partial charge < -0.3 is 20.5 Å². The van der Waals surface area contributed by atoms with E-state index in [-0.39, 0.29) is 5.91 Å². The molecule has 0 aromatic heterocycles. The number of nitrogens with one attached hydrogen (secondary N) is 1. The summed E-state index contributed by atoms with van der Waals surface area (Å²) < 4.78 is 10.3. The van der Waals surface area contributed by atoms with Crippen molar-refractivity contribution in [1.82, 2.24) is 5.32 Å². The molecule has 0 aliphatic carbocycles. The maximum Gasteiger partial charge on any atom is 0.222 e. The lowest BCUT2D eigenvalue weighted by Crippen LogP contribution is -2.24. The van der Waals surface area contributed by atoms with Gasteiger partial charge in [-0.15, -0.1) is 0 Å². The molecule has 0 aliphatic heterocycles. The van der Waals surface area contributed by atoms with Gasteiger partial charge in [0.05, 0.1) is 13.7 Å². The molecule has 5 nitrogen and oxygen atoms in total. The van der Waals surface area contributed by atoms with Crippen LogP contribution in [0.3, 0.4) is 0 Å². The van der Waals surface area contributed by atoms with Gasteiger partial charge in [0.15, 0.2) is 0 Å². The fourth-order valence-electron chi connectivity index (χ4n) is 1.53. The summed E-state index contributed by atoms with van der Waals surface area (Å²) in [7, 11) is 1.59. The minimum absolute atomic E-state index is 0.0482. The smallest absolute Gasteiger partial charge is 0.222 e. The van der Waals surface area contributed by atoms with Gasteiger partial charge in [-0.05, 0) is 25.1 Å². The lowest BCUT2D eigenvalue weighted by Gasteiger charge is -2.10. The van der Waals surface area contributed by atoms with Crippen molar-refractivity contribution in [2.24, 2.45) is 0 Å². The summed E-state index contributed by atoms with van der Waals surface area (Å²) in [6.45, 7) is 3.36. The van der Waals surface area contributed by atoms with Crippen LogP contribution in [0.2, 0.25) is 0 Å². The van der Waals surface area contributed by atoms with Crippen LogP contribution in [0.5, 0.6) is 5.75 Å².